The largest absolute Gasteiger partial charge is 0.436 e. The Balaban J connectivity index is 1.10. The number of para-hydroxylation sites is 1. The predicted octanol–water partition coefficient (Wildman–Crippen LogP) is 8.82. The second-order valence-electron chi connectivity index (χ2n) is 12.1. The maximum absolute atomic E-state index is 12.8. The van der Waals surface area contributed by atoms with E-state index in [2.05, 4.69) is 53.6 Å². The maximum Gasteiger partial charge on any atom is 0.415 e. The van der Waals surface area contributed by atoms with Crippen LogP contribution in [0, 0.1) is 0 Å². The highest BCUT2D eigenvalue weighted by atomic mass is 32.2. The average molecular weight is 590 g/mol. The Morgan fingerprint density at radius 3 is 2.26 bits per heavy atom. The van der Waals surface area contributed by atoms with Crippen molar-refractivity contribution in [2.75, 3.05) is 37.6 Å². The fourth-order valence-electron chi connectivity index (χ4n) is 6.54. The molecule has 0 unspecified atom stereocenters. The third-order valence-corrected chi connectivity index (χ3v) is 10.3. The van der Waals surface area contributed by atoms with Crippen molar-refractivity contribution in [2.45, 2.75) is 99.9 Å². The van der Waals surface area contributed by atoms with E-state index in [4.69, 9.17) is 4.74 Å². The first-order valence-corrected chi connectivity index (χ1v) is 16.8. The zero-order valence-corrected chi connectivity index (χ0v) is 26.4. The number of piperidine rings is 1. The molecule has 0 N–H and O–H groups in total. The van der Waals surface area contributed by atoms with E-state index in [1.54, 1.807) is 18.7 Å². The van der Waals surface area contributed by atoms with Crippen LogP contribution < -0.4 is 4.90 Å². The van der Waals surface area contributed by atoms with Gasteiger partial charge in [-0.05, 0) is 50.6 Å². The number of carbonyl (C=O) groups excluding carboxylic acids is 2. The van der Waals surface area contributed by atoms with E-state index in [9.17, 15) is 9.59 Å². The fourth-order valence-corrected chi connectivity index (χ4v) is 7.61. The van der Waals surface area contributed by atoms with Crippen molar-refractivity contribution in [2.24, 2.45) is 0 Å². The Hall–Kier alpha value is -2.77. The first kappa shape index (κ1) is 30.7. The van der Waals surface area contributed by atoms with E-state index >= 15 is 0 Å². The van der Waals surface area contributed by atoms with Crippen LogP contribution >= 0.6 is 11.8 Å². The average Bonchev–Trinajstić information content (AvgIpc) is 3.22. The number of fused-ring (bicyclic) bond motifs is 2. The third kappa shape index (κ3) is 6.89. The summed E-state index contributed by atoms with van der Waals surface area (Å²) in [7, 11) is 0. The first-order valence-electron chi connectivity index (χ1n) is 16.0. The molecular formula is C35H47N3O3S. The lowest BCUT2D eigenvalue weighted by Crippen LogP contribution is -2.46. The summed E-state index contributed by atoms with van der Waals surface area (Å²) < 4.78 is 6.02. The summed E-state index contributed by atoms with van der Waals surface area (Å²) in [6.07, 6.45) is 12.4. The lowest BCUT2D eigenvalue weighted by atomic mass is 9.88. The van der Waals surface area contributed by atoms with Crippen molar-refractivity contribution < 1.29 is 14.3 Å². The number of Topliss-reactive ketones (excluding diaryl/α,β-unsaturated/α-hetero) is 1. The molecule has 2 fully saturated rings. The van der Waals surface area contributed by atoms with E-state index < -0.39 is 5.60 Å². The molecule has 0 radical (unpaired) electrons. The van der Waals surface area contributed by atoms with Crippen LogP contribution in [0.2, 0.25) is 0 Å². The van der Waals surface area contributed by atoms with Gasteiger partial charge in [0.25, 0.3) is 0 Å². The van der Waals surface area contributed by atoms with Crippen LogP contribution in [0.4, 0.5) is 16.2 Å². The van der Waals surface area contributed by atoms with Crippen LogP contribution in [0.15, 0.2) is 64.5 Å². The Morgan fingerprint density at radius 1 is 0.857 bits per heavy atom. The number of anilines is 2. The van der Waals surface area contributed by atoms with Gasteiger partial charge in [-0.15, -0.1) is 0 Å². The maximum atomic E-state index is 12.8. The van der Waals surface area contributed by atoms with Gasteiger partial charge in [-0.2, -0.15) is 0 Å². The third-order valence-electron chi connectivity index (χ3n) is 9.14. The number of rotatable bonds is 14. The Labute approximate surface area is 256 Å². The predicted molar refractivity (Wildman–Crippen MR) is 172 cm³/mol. The molecule has 7 heteroatoms. The summed E-state index contributed by atoms with van der Waals surface area (Å²) in [5.74, 6) is 0.0921. The van der Waals surface area contributed by atoms with Crippen molar-refractivity contribution in [1.82, 2.24) is 9.80 Å². The highest BCUT2D eigenvalue weighted by Gasteiger charge is 2.50. The number of hydrogen-bond donors (Lipinski definition) is 0. The molecule has 1 amide bonds. The van der Waals surface area contributed by atoms with Gasteiger partial charge in [0.05, 0.1) is 17.1 Å². The van der Waals surface area contributed by atoms with Gasteiger partial charge in [0, 0.05) is 54.4 Å². The summed E-state index contributed by atoms with van der Waals surface area (Å²) in [6.45, 7) is 12.6. The molecule has 2 aromatic carbocycles. The van der Waals surface area contributed by atoms with Crippen molar-refractivity contribution in [3.05, 3.63) is 60.3 Å². The number of likely N-dealkylation sites (tertiary alicyclic amines) is 1. The minimum Gasteiger partial charge on any atom is -0.436 e. The van der Waals surface area contributed by atoms with E-state index in [-0.39, 0.29) is 11.9 Å². The second kappa shape index (κ2) is 14.1. The molecular weight excluding hydrogens is 542 g/mol. The molecule has 0 aliphatic carbocycles. The topological polar surface area (TPSA) is 53.1 Å². The zero-order chi connectivity index (χ0) is 29.5. The summed E-state index contributed by atoms with van der Waals surface area (Å²) in [5.41, 5.74) is 3.42. The number of nitrogens with zero attached hydrogens (tertiary/aromatic N) is 3. The molecule has 0 bridgehead atoms. The van der Waals surface area contributed by atoms with Crippen LogP contribution in [0.5, 0.6) is 0 Å². The minimum absolute atomic E-state index is 0.0921. The molecule has 5 rings (SSSR count). The molecule has 2 saturated heterocycles. The quantitative estimate of drug-likeness (QED) is 0.162. The van der Waals surface area contributed by atoms with Crippen LogP contribution in [-0.2, 0) is 4.74 Å². The van der Waals surface area contributed by atoms with Crippen molar-refractivity contribution in [3.8, 4) is 0 Å². The monoisotopic (exact) mass is 589 g/mol. The van der Waals surface area contributed by atoms with E-state index in [0.717, 1.165) is 81.8 Å². The van der Waals surface area contributed by atoms with E-state index in [1.807, 2.05) is 17.0 Å². The highest BCUT2D eigenvalue weighted by Crippen LogP contribution is 2.48. The lowest BCUT2D eigenvalue weighted by molar-refractivity contribution is 0.0146. The summed E-state index contributed by atoms with van der Waals surface area (Å²) >= 11 is 1.77. The molecule has 0 saturated carbocycles. The number of benzene rings is 2. The molecule has 6 nitrogen and oxygen atoms in total. The van der Waals surface area contributed by atoms with Gasteiger partial charge in [0.1, 0.15) is 0 Å². The molecule has 0 aromatic heterocycles. The summed E-state index contributed by atoms with van der Waals surface area (Å²) in [6, 6.07) is 14.6. The van der Waals surface area contributed by atoms with Crippen LogP contribution in [0.1, 0.15) is 94.8 Å². The number of ether oxygens (including phenoxy) is 1. The van der Waals surface area contributed by atoms with Gasteiger partial charge in [-0.3, -0.25) is 9.69 Å². The molecule has 3 aliphatic rings. The van der Waals surface area contributed by atoms with E-state index in [0.29, 0.717) is 0 Å². The van der Waals surface area contributed by atoms with Gasteiger partial charge in [0.15, 0.2) is 11.4 Å². The Kier molecular flexibility index (Phi) is 10.3. The van der Waals surface area contributed by atoms with Crippen LogP contribution in [-0.4, -0.2) is 60.0 Å². The molecule has 226 valence electrons. The summed E-state index contributed by atoms with van der Waals surface area (Å²) in [5, 5.41) is 0. The normalized spacial score (nSPS) is 17.9. The lowest BCUT2D eigenvalue weighted by Gasteiger charge is -2.39. The molecule has 3 heterocycles. The van der Waals surface area contributed by atoms with Gasteiger partial charge >= 0.3 is 6.09 Å². The number of hydrogen-bond acceptors (Lipinski definition) is 6. The van der Waals surface area contributed by atoms with Gasteiger partial charge in [-0.25, -0.2) is 4.79 Å². The Bertz CT molecular complexity index is 1270. The van der Waals surface area contributed by atoms with Crippen LogP contribution in [0.25, 0.3) is 0 Å². The SMILES string of the molecule is C=C1N(CCCCCCCCCC)C(=O)OC12CCN(CCCN1c3ccccc3Sc3ccc(C(C)=O)cc31)CC2. The van der Waals surface area contributed by atoms with E-state index in [1.165, 1.54) is 54.0 Å². The minimum atomic E-state index is -0.529. The zero-order valence-electron chi connectivity index (χ0n) is 25.5. The summed E-state index contributed by atoms with van der Waals surface area (Å²) in [4.78, 5) is 34.0. The van der Waals surface area contributed by atoms with Crippen LogP contribution in [0.3, 0.4) is 0 Å². The van der Waals surface area contributed by atoms with Crippen molar-refractivity contribution in [3.63, 3.8) is 0 Å². The molecule has 1 spiro atoms. The second-order valence-corrected chi connectivity index (χ2v) is 13.2. The number of ketones is 1. The number of unbranched alkanes of at least 4 members (excludes halogenated alkanes) is 7. The highest BCUT2D eigenvalue weighted by molar-refractivity contribution is 7.99. The standard InChI is InChI=1S/C35H47N3O3S/c1-4-5-6-7-8-9-10-13-22-37-28(3)35(41-34(37)40)19-24-36(25-20-35)21-14-23-38-30-15-11-12-16-32(30)42-33-18-17-29(27(2)39)26-31(33)38/h11-12,15-18,26H,3-10,13-14,19-25H2,1-2H3. The van der Waals surface area contributed by atoms with Gasteiger partial charge < -0.3 is 14.5 Å². The number of carbonyl (C=O) groups is 2. The smallest absolute Gasteiger partial charge is 0.415 e. The van der Waals surface area contributed by atoms with Crippen molar-refractivity contribution in [1.29, 1.82) is 0 Å². The van der Waals surface area contributed by atoms with Gasteiger partial charge in [0.2, 0.25) is 0 Å². The van der Waals surface area contributed by atoms with Crippen molar-refractivity contribution >= 4 is 35.0 Å². The molecule has 0 atom stereocenters. The molecule has 3 aliphatic heterocycles. The molecule has 42 heavy (non-hydrogen) atoms. The fraction of sp³-hybridized carbons (Fsp3) is 0.543. The first-order chi connectivity index (χ1) is 20.4. The number of amides is 1. The Morgan fingerprint density at radius 2 is 1.52 bits per heavy atom. The van der Waals surface area contributed by atoms with Gasteiger partial charge in [-0.1, -0.05) is 88.4 Å². The molecule has 2 aromatic rings.